The number of ketones is 1. The van der Waals surface area contributed by atoms with Gasteiger partial charge in [-0.1, -0.05) is 49.3 Å². The van der Waals surface area contributed by atoms with Crippen molar-refractivity contribution in [3.05, 3.63) is 65.7 Å². The highest BCUT2D eigenvalue weighted by Gasteiger charge is 2.28. The third kappa shape index (κ3) is 5.92. The van der Waals surface area contributed by atoms with E-state index in [2.05, 4.69) is 41.1 Å². The number of nitrogens with zero attached hydrogens (tertiary/aromatic N) is 4. The van der Waals surface area contributed by atoms with Gasteiger partial charge < -0.3 is 9.42 Å². The number of rotatable bonds is 8. The summed E-state index contributed by atoms with van der Waals surface area (Å²) in [6.45, 7) is 5.58. The second kappa shape index (κ2) is 10.5. The zero-order valence-electron chi connectivity index (χ0n) is 19.2. The molecule has 2 aromatic heterocycles. The van der Waals surface area contributed by atoms with Crippen molar-refractivity contribution in [2.75, 3.05) is 13.1 Å². The zero-order valence-corrected chi connectivity index (χ0v) is 19.2. The van der Waals surface area contributed by atoms with Crippen molar-refractivity contribution < 1.29 is 14.1 Å². The Morgan fingerprint density at radius 1 is 1.09 bits per heavy atom. The minimum atomic E-state index is -0.0260. The van der Waals surface area contributed by atoms with Crippen molar-refractivity contribution in [1.82, 2.24) is 20.0 Å². The van der Waals surface area contributed by atoms with Crippen LogP contribution in [0.2, 0.25) is 0 Å². The van der Waals surface area contributed by atoms with Gasteiger partial charge in [-0.15, -0.1) is 0 Å². The maximum atomic E-state index is 12.9. The molecule has 1 amide bonds. The summed E-state index contributed by atoms with van der Waals surface area (Å²) >= 11 is 0. The number of aromatic nitrogens is 3. The van der Waals surface area contributed by atoms with Crippen LogP contribution in [0.4, 0.5) is 0 Å². The van der Waals surface area contributed by atoms with Crippen molar-refractivity contribution in [2.24, 2.45) is 11.8 Å². The van der Waals surface area contributed by atoms with Crippen molar-refractivity contribution in [3.63, 3.8) is 0 Å². The zero-order chi connectivity index (χ0) is 23.2. The van der Waals surface area contributed by atoms with E-state index in [4.69, 9.17) is 4.52 Å². The molecule has 0 spiro atoms. The summed E-state index contributed by atoms with van der Waals surface area (Å²) in [6.07, 6.45) is 4.78. The van der Waals surface area contributed by atoms with Gasteiger partial charge in [0.05, 0.1) is 0 Å². The summed E-state index contributed by atoms with van der Waals surface area (Å²) < 4.78 is 5.27. The van der Waals surface area contributed by atoms with Gasteiger partial charge >= 0.3 is 0 Å². The largest absolute Gasteiger partial charge is 0.343 e. The Morgan fingerprint density at radius 3 is 2.52 bits per heavy atom. The predicted octanol–water partition coefficient (Wildman–Crippen LogP) is 4.38. The van der Waals surface area contributed by atoms with Crippen LogP contribution >= 0.6 is 0 Å². The lowest BCUT2D eigenvalue weighted by Gasteiger charge is -2.31. The van der Waals surface area contributed by atoms with Crippen molar-refractivity contribution in [3.8, 4) is 11.5 Å². The Bertz CT molecular complexity index is 1070. The van der Waals surface area contributed by atoms with Crippen LogP contribution in [-0.4, -0.2) is 44.8 Å². The molecule has 0 radical (unpaired) electrons. The van der Waals surface area contributed by atoms with Crippen molar-refractivity contribution in [1.29, 1.82) is 0 Å². The lowest BCUT2D eigenvalue weighted by atomic mass is 9.88. The summed E-state index contributed by atoms with van der Waals surface area (Å²) in [7, 11) is 0. The first-order valence-electron chi connectivity index (χ1n) is 11.6. The fourth-order valence-electron chi connectivity index (χ4n) is 4.23. The van der Waals surface area contributed by atoms with Gasteiger partial charge in [-0.25, -0.2) is 0 Å². The highest BCUT2D eigenvalue weighted by molar-refractivity contribution is 5.98. The molecule has 7 heteroatoms. The van der Waals surface area contributed by atoms with E-state index in [0.29, 0.717) is 62.1 Å². The molecular formula is C26H30N4O3. The molecule has 3 aromatic rings. The Balaban J connectivity index is 1.24. The molecule has 1 aromatic carbocycles. The first-order chi connectivity index (χ1) is 16.0. The molecule has 172 valence electrons. The van der Waals surface area contributed by atoms with Gasteiger partial charge in [0.2, 0.25) is 17.6 Å². The molecule has 0 unspecified atom stereocenters. The molecule has 4 rings (SSSR count). The smallest absolute Gasteiger partial charge is 0.227 e. The summed E-state index contributed by atoms with van der Waals surface area (Å²) in [6, 6.07) is 13.5. The van der Waals surface area contributed by atoms with Gasteiger partial charge in [0.1, 0.15) is 5.69 Å². The molecule has 3 heterocycles. The lowest BCUT2D eigenvalue weighted by Crippen LogP contribution is -2.40. The molecule has 7 nitrogen and oxygen atoms in total. The molecule has 0 bridgehead atoms. The molecule has 1 aliphatic rings. The number of carbonyl (C=O) groups excluding carboxylic acids is 2. The highest BCUT2D eigenvalue weighted by atomic mass is 16.5. The first kappa shape index (κ1) is 22.8. The summed E-state index contributed by atoms with van der Waals surface area (Å²) in [5, 5.41) is 3.94. The van der Waals surface area contributed by atoms with Crippen LogP contribution in [0.25, 0.3) is 11.5 Å². The number of piperidine rings is 1. The van der Waals surface area contributed by atoms with Gasteiger partial charge in [0, 0.05) is 43.6 Å². The molecule has 33 heavy (non-hydrogen) atoms. The summed E-state index contributed by atoms with van der Waals surface area (Å²) in [5.41, 5.74) is 2.67. The van der Waals surface area contributed by atoms with Gasteiger partial charge in [0.15, 0.2) is 5.78 Å². The standard InChI is InChI=1S/C26H30N4O3/c1-18(2)17-19-6-8-20(9-7-19)25(32)21-12-15-30(16-13-21)24(31)11-10-23-28-26(29-33-23)22-5-3-4-14-27-22/h3-9,14,18,21H,10-13,15-17H2,1-2H3. The monoisotopic (exact) mass is 446 g/mol. The molecular weight excluding hydrogens is 416 g/mol. The van der Waals surface area contributed by atoms with Crippen LogP contribution in [0.3, 0.4) is 0 Å². The van der Waals surface area contributed by atoms with Crippen LogP contribution in [-0.2, 0) is 17.6 Å². The minimum Gasteiger partial charge on any atom is -0.343 e. The second-order valence-corrected chi connectivity index (χ2v) is 9.04. The van der Waals surface area contributed by atoms with E-state index in [0.717, 1.165) is 12.0 Å². The maximum Gasteiger partial charge on any atom is 0.227 e. The second-order valence-electron chi connectivity index (χ2n) is 9.04. The molecule has 0 aliphatic carbocycles. The Labute approximate surface area is 194 Å². The fraction of sp³-hybridized carbons (Fsp3) is 0.423. The average Bonchev–Trinajstić information content (AvgIpc) is 3.32. The topological polar surface area (TPSA) is 89.2 Å². The lowest BCUT2D eigenvalue weighted by molar-refractivity contribution is -0.132. The maximum absolute atomic E-state index is 12.9. The highest BCUT2D eigenvalue weighted by Crippen LogP contribution is 2.23. The number of carbonyl (C=O) groups is 2. The number of amides is 1. The van der Waals surface area contributed by atoms with E-state index in [1.807, 2.05) is 35.2 Å². The number of benzene rings is 1. The van der Waals surface area contributed by atoms with Crippen LogP contribution in [0.1, 0.15) is 54.9 Å². The summed E-state index contributed by atoms with van der Waals surface area (Å²) in [4.78, 5) is 35.9. The predicted molar refractivity (Wildman–Crippen MR) is 124 cm³/mol. The third-order valence-electron chi connectivity index (χ3n) is 6.02. The number of hydrogen-bond acceptors (Lipinski definition) is 6. The molecule has 0 atom stereocenters. The van der Waals surface area contributed by atoms with Gasteiger partial charge in [-0.3, -0.25) is 14.6 Å². The van der Waals surface area contributed by atoms with Crippen molar-refractivity contribution in [2.45, 2.75) is 46.0 Å². The van der Waals surface area contributed by atoms with E-state index >= 15 is 0 Å². The number of pyridine rings is 1. The number of likely N-dealkylation sites (tertiary alicyclic amines) is 1. The molecule has 1 aliphatic heterocycles. The van der Waals surface area contributed by atoms with E-state index in [1.165, 1.54) is 5.56 Å². The third-order valence-corrected chi connectivity index (χ3v) is 6.02. The number of Topliss-reactive ketones (excluding diaryl/α,β-unsaturated/α-hetero) is 1. The van der Waals surface area contributed by atoms with E-state index < -0.39 is 0 Å². The quantitative estimate of drug-likeness (QED) is 0.477. The minimum absolute atomic E-state index is 0.0260. The van der Waals surface area contributed by atoms with Gasteiger partial charge in [-0.05, 0) is 42.9 Å². The van der Waals surface area contributed by atoms with Crippen LogP contribution in [0.15, 0.2) is 53.2 Å². The van der Waals surface area contributed by atoms with E-state index in [1.54, 1.807) is 6.20 Å². The molecule has 1 saturated heterocycles. The van der Waals surface area contributed by atoms with Gasteiger partial charge in [-0.2, -0.15) is 4.98 Å². The summed E-state index contributed by atoms with van der Waals surface area (Å²) in [5.74, 6) is 1.66. The average molecular weight is 447 g/mol. The molecule has 1 fully saturated rings. The van der Waals surface area contributed by atoms with Gasteiger partial charge in [0.25, 0.3) is 0 Å². The van der Waals surface area contributed by atoms with Crippen molar-refractivity contribution >= 4 is 11.7 Å². The Kier molecular flexibility index (Phi) is 7.27. The Morgan fingerprint density at radius 2 is 1.85 bits per heavy atom. The van der Waals surface area contributed by atoms with E-state index in [9.17, 15) is 9.59 Å². The SMILES string of the molecule is CC(C)Cc1ccc(C(=O)C2CCN(C(=O)CCc3nc(-c4ccccn4)no3)CC2)cc1. The molecule has 0 N–H and O–H groups in total. The fourth-order valence-corrected chi connectivity index (χ4v) is 4.23. The van der Waals surface area contributed by atoms with E-state index in [-0.39, 0.29) is 17.6 Å². The van der Waals surface area contributed by atoms with Crippen LogP contribution in [0, 0.1) is 11.8 Å². The molecule has 0 saturated carbocycles. The van der Waals surface area contributed by atoms with Crippen LogP contribution < -0.4 is 0 Å². The number of aryl methyl sites for hydroxylation is 1. The van der Waals surface area contributed by atoms with Crippen LogP contribution in [0.5, 0.6) is 0 Å². The number of hydrogen-bond donors (Lipinski definition) is 0. The Hall–Kier alpha value is -3.35. The normalized spacial score (nSPS) is 14.6. The first-order valence-corrected chi connectivity index (χ1v) is 11.6.